The van der Waals surface area contributed by atoms with Gasteiger partial charge in [-0.25, -0.2) is 4.79 Å². The second kappa shape index (κ2) is 11.8. The van der Waals surface area contributed by atoms with Gasteiger partial charge in [-0.1, -0.05) is 57.3 Å². The first-order valence-corrected chi connectivity index (χ1v) is 11.3. The van der Waals surface area contributed by atoms with E-state index in [0.29, 0.717) is 10.6 Å². The molecule has 1 amide bonds. The van der Waals surface area contributed by atoms with Crippen LogP contribution in [0.4, 0.5) is 5.69 Å². The average Bonchev–Trinajstić information content (AvgIpc) is 2.74. The highest BCUT2D eigenvalue weighted by Gasteiger charge is 2.29. The maximum atomic E-state index is 12.5. The van der Waals surface area contributed by atoms with Gasteiger partial charge in [0.1, 0.15) is 0 Å². The number of benzene rings is 2. The molecule has 2 aromatic rings. The average molecular weight is 445 g/mol. The van der Waals surface area contributed by atoms with Crippen molar-refractivity contribution in [3.63, 3.8) is 0 Å². The lowest BCUT2D eigenvalue weighted by atomic mass is 9.81. The number of carbonyl (C=O) groups is 2. The number of amides is 1. The third kappa shape index (κ3) is 6.47. The molecule has 0 radical (unpaired) electrons. The number of hydrogen-bond donors (Lipinski definition) is 2. The van der Waals surface area contributed by atoms with Crippen molar-refractivity contribution in [2.24, 2.45) is 5.73 Å². The zero-order valence-electron chi connectivity index (χ0n) is 18.6. The van der Waals surface area contributed by atoms with E-state index < -0.39 is 17.8 Å². The van der Waals surface area contributed by atoms with Gasteiger partial charge in [0, 0.05) is 23.8 Å². The fourth-order valence-electron chi connectivity index (χ4n) is 3.94. The van der Waals surface area contributed by atoms with Crippen molar-refractivity contribution < 1.29 is 14.7 Å². The molecule has 0 spiro atoms. The molecule has 168 valence electrons. The highest BCUT2D eigenvalue weighted by atomic mass is 35.5. The van der Waals surface area contributed by atoms with Crippen LogP contribution in [0.2, 0.25) is 5.02 Å². The molecule has 0 aliphatic carbocycles. The molecule has 31 heavy (non-hydrogen) atoms. The van der Waals surface area contributed by atoms with E-state index in [-0.39, 0.29) is 11.5 Å². The van der Waals surface area contributed by atoms with Crippen LogP contribution < -0.4 is 10.6 Å². The molecule has 2 rings (SSSR count). The Hall–Kier alpha value is -2.53. The Morgan fingerprint density at radius 2 is 1.61 bits per heavy atom. The lowest BCUT2D eigenvalue weighted by Gasteiger charge is -2.31. The molecular formula is C25H33ClN2O3. The lowest BCUT2D eigenvalue weighted by molar-refractivity contribution is -0.119. The topological polar surface area (TPSA) is 83.6 Å². The number of rotatable bonds is 12. The minimum absolute atomic E-state index is 0.174. The van der Waals surface area contributed by atoms with Gasteiger partial charge in [-0.15, -0.1) is 0 Å². The van der Waals surface area contributed by atoms with E-state index >= 15 is 0 Å². The van der Waals surface area contributed by atoms with Crippen LogP contribution in [0.5, 0.6) is 0 Å². The van der Waals surface area contributed by atoms with Crippen molar-refractivity contribution in [2.75, 3.05) is 18.0 Å². The van der Waals surface area contributed by atoms with Crippen molar-refractivity contribution in [1.82, 2.24) is 0 Å². The Labute approximate surface area is 190 Å². The van der Waals surface area contributed by atoms with Crippen molar-refractivity contribution in [1.29, 1.82) is 0 Å². The molecule has 0 bridgehead atoms. The summed E-state index contributed by atoms with van der Waals surface area (Å²) in [5.41, 5.74) is 8.75. The largest absolute Gasteiger partial charge is 0.478 e. The molecule has 0 aliphatic heterocycles. The summed E-state index contributed by atoms with van der Waals surface area (Å²) in [6.45, 7) is 8.20. The van der Waals surface area contributed by atoms with Crippen LogP contribution in [0, 0.1) is 0 Å². The van der Waals surface area contributed by atoms with Gasteiger partial charge in [-0.2, -0.15) is 0 Å². The number of carboxylic acid groups (broad SMARTS) is 1. The highest BCUT2D eigenvalue weighted by molar-refractivity contribution is 6.30. The number of carbonyl (C=O) groups excluding carboxylic acids is 1. The molecule has 2 unspecified atom stereocenters. The molecule has 0 aliphatic rings. The van der Waals surface area contributed by atoms with E-state index in [1.807, 2.05) is 25.1 Å². The normalized spacial score (nSPS) is 12.9. The number of nitrogens with zero attached hydrogens (tertiary/aromatic N) is 1. The van der Waals surface area contributed by atoms with E-state index in [9.17, 15) is 9.59 Å². The van der Waals surface area contributed by atoms with Crippen LogP contribution in [-0.4, -0.2) is 30.1 Å². The molecule has 6 heteroatoms. The summed E-state index contributed by atoms with van der Waals surface area (Å²) in [6, 6.07) is 12.2. The Kier molecular flexibility index (Phi) is 9.38. The SMILES string of the molecule is CCCCN(CCCC)c1ccc(Cl)cc1C(C)C(C(N)=O)c1ccc(C(=O)O)cc1. The molecule has 0 saturated heterocycles. The summed E-state index contributed by atoms with van der Waals surface area (Å²) in [7, 11) is 0. The van der Waals surface area contributed by atoms with Gasteiger partial charge in [-0.05, 0) is 60.2 Å². The maximum absolute atomic E-state index is 12.5. The Morgan fingerprint density at radius 3 is 2.10 bits per heavy atom. The van der Waals surface area contributed by atoms with Gasteiger partial charge in [0.05, 0.1) is 11.5 Å². The number of primary amides is 1. The molecule has 0 heterocycles. The summed E-state index contributed by atoms with van der Waals surface area (Å²) in [6.07, 6.45) is 4.36. The zero-order chi connectivity index (χ0) is 23.0. The number of hydrogen-bond acceptors (Lipinski definition) is 3. The van der Waals surface area contributed by atoms with Gasteiger partial charge in [-0.3, -0.25) is 4.79 Å². The fraction of sp³-hybridized carbons (Fsp3) is 0.440. The molecule has 0 fully saturated rings. The number of halogens is 1. The summed E-state index contributed by atoms with van der Waals surface area (Å²) < 4.78 is 0. The molecule has 2 aromatic carbocycles. The molecule has 0 aromatic heterocycles. The minimum atomic E-state index is -1.00. The monoisotopic (exact) mass is 444 g/mol. The number of aromatic carboxylic acids is 1. The van der Waals surface area contributed by atoms with Crippen LogP contribution in [-0.2, 0) is 4.79 Å². The lowest BCUT2D eigenvalue weighted by Crippen LogP contribution is -2.30. The van der Waals surface area contributed by atoms with Gasteiger partial charge in [0.2, 0.25) is 5.91 Å². The van der Waals surface area contributed by atoms with Crippen molar-refractivity contribution in [3.05, 3.63) is 64.2 Å². The van der Waals surface area contributed by atoms with Crippen LogP contribution in [0.1, 0.15) is 79.8 Å². The van der Waals surface area contributed by atoms with Crippen LogP contribution in [0.25, 0.3) is 0 Å². The highest BCUT2D eigenvalue weighted by Crippen LogP contribution is 2.39. The number of anilines is 1. The van der Waals surface area contributed by atoms with Gasteiger partial charge < -0.3 is 15.7 Å². The van der Waals surface area contributed by atoms with Crippen LogP contribution in [0.3, 0.4) is 0 Å². The Bertz CT molecular complexity index is 875. The van der Waals surface area contributed by atoms with Crippen LogP contribution >= 0.6 is 11.6 Å². The van der Waals surface area contributed by atoms with E-state index in [2.05, 4.69) is 18.7 Å². The van der Waals surface area contributed by atoms with Crippen LogP contribution in [0.15, 0.2) is 42.5 Å². The second-order valence-corrected chi connectivity index (χ2v) is 8.43. The van der Waals surface area contributed by atoms with Crippen molar-refractivity contribution in [2.45, 2.75) is 58.3 Å². The van der Waals surface area contributed by atoms with E-state index in [4.69, 9.17) is 22.4 Å². The van der Waals surface area contributed by atoms with E-state index in [1.54, 1.807) is 12.1 Å². The van der Waals surface area contributed by atoms with E-state index in [1.165, 1.54) is 12.1 Å². The first-order chi connectivity index (χ1) is 14.8. The molecule has 0 saturated carbocycles. The summed E-state index contributed by atoms with van der Waals surface area (Å²) >= 11 is 6.36. The molecule has 5 nitrogen and oxygen atoms in total. The van der Waals surface area contributed by atoms with Gasteiger partial charge in [0.15, 0.2) is 0 Å². The van der Waals surface area contributed by atoms with Gasteiger partial charge >= 0.3 is 5.97 Å². The third-order valence-corrected chi connectivity index (χ3v) is 5.94. The zero-order valence-corrected chi connectivity index (χ0v) is 19.4. The predicted molar refractivity (Wildman–Crippen MR) is 127 cm³/mol. The van der Waals surface area contributed by atoms with Gasteiger partial charge in [0.25, 0.3) is 0 Å². The molecular weight excluding hydrogens is 412 g/mol. The molecule has 3 N–H and O–H groups in total. The molecule has 2 atom stereocenters. The Morgan fingerprint density at radius 1 is 1.03 bits per heavy atom. The standard InChI is InChI=1S/C25H33ClN2O3/c1-4-6-14-28(15-7-5-2)22-13-12-20(26)16-21(22)17(3)23(24(27)29)18-8-10-19(11-9-18)25(30)31/h8-13,16-17,23H,4-7,14-15H2,1-3H3,(H2,27,29)(H,30,31). The Balaban J connectivity index is 2.48. The smallest absolute Gasteiger partial charge is 0.335 e. The summed E-state index contributed by atoms with van der Waals surface area (Å²) in [5, 5.41) is 9.78. The second-order valence-electron chi connectivity index (χ2n) is 7.99. The maximum Gasteiger partial charge on any atom is 0.335 e. The quantitative estimate of drug-likeness (QED) is 0.432. The third-order valence-electron chi connectivity index (χ3n) is 5.71. The number of carboxylic acids is 1. The minimum Gasteiger partial charge on any atom is -0.478 e. The van der Waals surface area contributed by atoms with E-state index in [0.717, 1.165) is 50.0 Å². The summed E-state index contributed by atoms with van der Waals surface area (Å²) in [4.78, 5) is 26.1. The fourth-order valence-corrected chi connectivity index (χ4v) is 4.12. The predicted octanol–water partition coefficient (Wildman–Crippen LogP) is 5.82. The number of nitrogens with two attached hydrogens (primary N) is 1. The van der Waals surface area contributed by atoms with Crippen molar-refractivity contribution >= 4 is 29.2 Å². The number of unbranched alkanes of at least 4 members (excludes halogenated alkanes) is 2. The first-order valence-electron chi connectivity index (χ1n) is 11.0. The van der Waals surface area contributed by atoms with Crippen molar-refractivity contribution in [3.8, 4) is 0 Å². The summed E-state index contributed by atoms with van der Waals surface area (Å²) in [5.74, 6) is -2.28. The first kappa shape index (κ1) is 24.7.